The molecule has 0 aliphatic heterocycles. The molecule has 0 amide bonds. The summed E-state index contributed by atoms with van der Waals surface area (Å²) in [6.07, 6.45) is 13.5. The minimum Gasteiger partial charge on any atom is -0.310 e. The highest BCUT2D eigenvalue weighted by atomic mass is 14.9. The first-order valence-corrected chi connectivity index (χ1v) is 7.43. The number of nitrogens with one attached hydrogen (secondary N) is 1. The Balaban J connectivity index is 2.46. The van der Waals surface area contributed by atoms with E-state index in [0.717, 1.165) is 25.8 Å². The quantitative estimate of drug-likeness (QED) is 0.483. The first kappa shape index (κ1) is 15.7. The van der Waals surface area contributed by atoms with E-state index in [-0.39, 0.29) is 0 Å². The van der Waals surface area contributed by atoms with Crippen LogP contribution in [0.25, 0.3) is 0 Å². The van der Waals surface area contributed by atoms with Crippen LogP contribution in [-0.2, 0) is 0 Å². The van der Waals surface area contributed by atoms with E-state index in [1.54, 1.807) is 0 Å². The van der Waals surface area contributed by atoms with E-state index in [4.69, 9.17) is 0 Å². The standard InChI is InChI=1S/C18H27N/c1-3-5-6-7-8-12-15-18(19-16-4-2)17-13-10-9-11-14-17/h3,5,8-14,18-19H,4,6-7,15-16H2,1-2H3/b5-3+,12-8+. The van der Waals surface area contributed by atoms with Crippen LogP contribution in [0.15, 0.2) is 54.6 Å². The monoisotopic (exact) mass is 257 g/mol. The van der Waals surface area contributed by atoms with Crippen LogP contribution >= 0.6 is 0 Å². The molecule has 1 N–H and O–H groups in total. The lowest BCUT2D eigenvalue weighted by Gasteiger charge is -2.17. The third kappa shape index (κ3) is 6.97. The Morgan fingerprint density at radius 2 is 1.79 bits per heavy atom. The molecule has 104 valence electrons. The molecule has 1 unspecified atom stereocenters. The van der Waals surface area contributed by atoms with Gasteiger partial charge in [-0.3, -0.25) is 0 Å². The molecule has 1 nitrogen and oxygen atoms in total. The van der Waals surface area contributed by atoms with Crippen LogP contribution in [0.2, 0.25) is 0 Å². The van der Waals surface area contributed by atoms with Crippen LogP contribution in [0.4, 0.5) is 0 Å². The normalized spacial score (nSPS) is 13.4. The molecular formula is C18H27N. The molecule has 0 aliphatic rings. The number of rotatable bonds is 9. The fourth-order valence-corrected chi connectivity index (χ4v) is 2.05. The van der Waals surface area contributed by atoms with Gasteiger partial charge in [0.1, 0.15) is 0 Å². The zero-order chi connectivity index (χ0) is 13.8. The van der Waals surface area contributed by atoms with Crippen LogP contribution in [0.5, 0.6) is 0 Å². The van der Waals surface area contributed by atoms with Gasteiger partial charge in [0.2, 0.25) is 0 Å². The maximum absolute atomic E-state index is 3.62. The Labute approximate surface area is 118 Å². The van der Waals surface area contributed by atoms with Crippen molar-refractivity contribution in [2.45, 2.75) is 45.6 Å². The highest BCUT2D eigenvalue weighted by Crippen LogP contribution is 2.17. The van der Waals surface area contributed by atoms with Crippen LogP contribution in [0.3, 0.4) is 0 Å². The number of benzene rings is 1. The van der Waals surface area contributed by atoms with E-state index in [2.05, 4.69) is 73.8 Å². The third-order valence-electron chi connectivity index (χ3n) is 3.12. The zero-order valence-corrected chi connectivity index (χ0v) is 12.3. The average molecular weight is 257 g/mol. The molecule has 0 radical (unpaired) electrons. The Hall–Kier alpha value is -1.34. The van der Waals surface area contributed by atoms with Gasteiger partial charge in [0.15, 0.2) is 0 Å². The summed E-state index contributed by atoms with van der Waals surface area (Å²) in [6, 6.07) is 11.2. The summed E-state index contributed by atoms with van der Waals surface area (Å²) in [4.78, 5) is 0. The molecule has 1 heteroatoms. The van der Waals surface area contributed by atoms with Gasteiger partial charge in [-0.2, -0.15) is 0 Å². The predicted octanol–water partition coefficient (Wildman–Crippen LogP) is 5.03. The summed E-state index contributed by atoms with van der Waals surface area (Å²) in [5, 5.41) is 3.62. The lowest BCUT2D eigenvalue weighted by atomic mass is 10.0. The second-order valence-electron chi connectivity index (χ2n) is 4.77. The van der Waals surface area contributed by atoms with E-state index in [9.17, 15) is 0 Å². The first-order chi connectivity index (χ1) is 9.38. The molecule has 0 aromatic heterocycles. The second kappa shape index (κ2) is 10.6. The third-order valence-corrected chi connectivity index (χ3v) is 3.12. The van der Waals surface area contributed by atoms with Crippen molar-refractivity contribution in [1.82, 2.24) is 5.32 Å². The minimum atomic E-state index is 0.444. The van der Waals surface area contributed by atoms with E-state index in [1.165, 1.54) is 12.0 Å². The van der Waals surface area contributed by atoms with Gasteiger partial charge in [0.25, 0.3) is 0 Å². The Morgan fingerprint density at radius 3 is 2.47 bits per heavy atom. The second-order valence-corrected chi connectivity index (χ2v) is 4.77. The van der Waals surface area contributed by atoms with Gasteiger partial charge in [0, 0.05) is 6.04 Å². The zero-order valence-electron chi connectivity index (χ0n) is 12.3. The summed E-state index contributed by atoms with van der Waals surface area (Å²) in [6.45, 7) is 5.36. The maximum atomic E-state index is 3.62. The van der Waals surface area contributed by atoms with Crippen molar-refractivity contribution in [3.8, 4) is 0 Å². The largest absolute Gasteiger partial charge is 0.310 e. The van der Waals surface area contributed by atoms with Gasteiger partial charge in [-0.25, -0.2) is 0 Å². The van der Waals surface area contributed by atoms with Crippen molar-refractivity contribution in [2.24, 2.45) is 0 Å². The van der Waals surface area contributed by atoms with Crippen LogP contribution in [0.1, 0.15) is 51.1 Å². The van der Waals surface area contributed by atoms with Gasteiger partial charge >= 0.3 is 0 Å². The van der Waals surface area contributed by atoms with Gasteiger partial charge < -0.3 is 5.32 Å². The molecule has 1 rings (SSSR count). The molecule has 0 saturated carbocycles. The topological polar surface area (TPSA) is 12.0 Å². The summed E-state index contributed by atoms with van der Waals surface area (Å²) < 4.78 is 0. The molecule has 1 aromatic carbocycles. The van der Waals surface area contributed by atoms with E-state index in [0.29, 0.717) is 6.04 Å². The van der Waals surface area contributed by atoms with E-state index in [1.807, 2.05) is 0 Å². The molecule has 1 aromatic rings. The smallest absolute Gasteiger partial charge is 0.0354 e. The lowest BCUT2D eigenvalue weighted by molar-refractivity contribution is 0.536. The fourth-order valence-electron chi connectivity index (χ4n) is 2.05. The van der Waals surface area contributed by atoms with Gasteiger partial charge in [0.05, 0.1) is 0 Å². The Kier molecular flexibility index (Phi) is 8.74. The van der Waals surface area contributed by atoms with Crippen LogP contribution < -0.4 is 5.32 Å². The molecule has 0 heterocycles. The molecule has 0 aliphatic carbocycles. The number of allylic oxidation sites excluding steroid dienone is 3. The van der Waals surface area contributed by atoms with Crippen molar-refractivity contribution < 1.29 is 0 Å². The van der Waals surface area contributed by atoms with E-state index < -0.39 is 0 Å². The van der Waals surface area contributed by atoms with Crippen molar-refractivity contribution in [3.05, 3.63) is 60.2 Å². The average Bonchev–Trinajstić information content (AvgIpc) is 2.46. The Bertz CT molecular complexity index is 365. The van der Waals surface area contributed by atoms with Crippen molar-refractivity contribution >= 4 is 0 Å². The number of hydrogen-bond donors (Lipinski definition) is 1. The molecule has 0 spiro atoms. The van der Waals surface area contributed by atoms with Crippen molar-refractivity contribution in [2.75, 3.05) is 6.54 Å². The summed E-state index contributed by atoms with van der Waals surface area (Å²) in [5.41, 5.74) is 1.38. The number of unbranched alkanes of at least 4 members (excludes halogenated alkanes) is 1. The highest BCUT2D eigenvalue weighted by molar-refractivity contribution is 5.19. The first-order valence-electron chi connectivity index (χ1n) is 7.43. The molecule has 19 heavy (non-hydrogen) atoms. The molecule has 1 atom stereocenters. The summed E-state index contributed by atoms with van der Waals surface area (Å²) in [5.74, 6) is 0. The molecular weight excluding hydrogens is 230 g/mol. The van der Waals surface area contributed by atoms with Crippen LogP contribution in [0, 0.1) is 0 Å². The fraction of sp³-hybridized carbons (Fsp3) is 0.444. The predicted molar refractivity (Wildman–Crippen MR) is 85.3 cm³/mol. The maximum Gasteiger partial charge on any atom is 0.0354 e. The van der Waals surface area contributed by atoms with Crippen molar-refractivity contribution in [3.63, 3.8) is 0 Å². The highest BCUT2D eigenvalue weighted by Gasteiger charge is 2.07. The van der Waals surface area contributed by atoms with Crippen LogP contribution in [-0.4, -0.2) is 6.54 Å². The molecule has 0 fully saturated rings. The SMILES string of the molecule is C/C=C/CC/C=C/CC(NCCC)c1ccccc1. The van der Waals surface area contributed by atoms with Crippen molar-refractivity contribution in [1.29, 1.82) is 0 Å². The molecule has 0 saturated heterocycles. The number of hydrogen-bond acceptors (Lipinski definition) is 1. The van der Waals surface area contributed by atoms with E-state index >= 15 is 0 Å². The molecule has 0 bridgehead atoms. The van der Waals surface area contributed by atoms with Gasteiger partial charge in [-0.15, -0.1) is 0 Å². The summed E-state index contributed by atoms with van der Waals surface area (Å²) >= 11 is 0. The lowest BCUT2D eigenvalue weighted by Crippen LogP contribution is -2.21. The van der Waals surface area contributed by atoms with Gasteiger partial charge in [-0.05, 0) is 44.7 Å². The Morgan fingerprint density at radius 1 is 1.05 bits per heavy atom. The van der Waals surface area contributed by atoms with Gasteiger partial charge in [-0.1, -0.05) is 61.6 Å². The minimum absolute atomic E-state index is 0.444. The summed E-state index contributed by atoms with van der Waals surface area (Å²) in [7, 11) is 0.